The molecule has 0 aromatic heterocycles. The first-order valence-corrected chi connectivity index (χ1v) is 11.2. The lowest BCUT2D eigenvalue weighted by Crippen LogP contribution is -2.49. The number of nitrogens with zero attached hydrogens (tertiary/aromatic N) is 1. The van der Waals surface area contributed by atoms with Gasteiger partial charge in [0.05, 0.1) is 20.7 Å². The fraction of sp³-hybridized carbons (Fsp3) is 0.350. The molecular formula is C20H19Cl2NO3S. The molecule has 2 atom stereocenters. The van der Waals surface area contributed by atoms with Crippen LogP contribution in [0.15, 0.2) is 53.4 Å². The van der Waals surface area contributed by atoms with Gasteiger partial charge < -0.3 is 4.90 Å². The van der Waals surface area contributed by atoms with Crippen LogP contribution in [0.1, 0.15) is 36.0 Å². The van der Waals surface area contributed by atoms with Gasteiger partial charge in [-0.15, -0.1) is 0 Å². The summed E-state index contributed by atoms with van der Waals surface area (Å²) in [5.74, 6) is -0.139. The number of benzene rings is 2. The van der Waals surface area contributed by atoms with Crippen LogP contribution in [0.4, 0.5) is 0 Å². The molecule has 0 saturated carbocycles. The van der Waals surface area contributed by atoms with Gasteiger partial charge in [-0.05, 0) is 56.0 Å². The Bertz CT molecular complexity index is 964. The lowest BCUT2D eigenvalue weighted by Gasteiger charge is -2.38. The van der Waals surface area contributed by atoms with Crippen LogP contribution in [0.25, 0.3) is 0 Å². The highest BCUT2D eigenvalue weighted by Gasteiger charge is 2.47. The summed E-state index contributed by atoms with van der Waals surface area (Å²) in [7, 11) is -3.40. The average Bonchev–Trinajstić information content (AvgIpc) is 2.91. The molecule has 2 unspecified atom stereocenters. The smallest absolute Gasteiger partial charge is 0.255 e. The molecule has 27 heavy (non-hydrogen) atoms. The Kier molecular flexibility index (Phi) is 4.95. The molecule has 2 bridgehead atoms. The Balaban J connectivity index is 1.58. The van der Waals surface area contributed by atoms with E-state index in [1.807, 2.05) is 4.90 Å². The quantitative estimate of drug-likeness (QED) is 0.724. The summed E-state index contributed by atoms with van der Waals surface area (Å²) in [6.45, 7) is 0. The van der Waals surface area contributed by atoms with E-state index in [2.05, 4.69) is 0 Å². The Hall–Kier alpha value is -1.56. The largest absolute Gasteiger partial charge is 0.333 e. The normalized spacial score (nSPS) is 24.8. The minimum atomic E-state index is -3.40. The third-order valence-corrected chi connectivity index (χ3v) is 8.34. The highest BCUT2D eigenvalue weighted by Crippen LogP contribution is 2.41. The molecule has 0 spiro atoms. The number of hydrogen-bond donors (Lipinski definition) is 0. The van der Waals surface area contributed by atoms with Gasteiger partial charge in [0.1, 0.15) is 0 Å². The number of sulfone groups is 1. The molecule has 2 fully saturated rings. The van der Waals surface area contributed by atoms with Crippen LogP contribution in [-0.4, -0.2) is 36.6 Å². The molecule has 0 aliphatic carbocycles. The lowest BCUT2D eigenvalue weighted by atomic mass is 10.0. The molecule has 2 aromatic rings. The number of halogens is 2. The number of hydrogen-bond acceptors (Lipinski definition) is 3. The number of carbonyl (C=O) groups excluding carboxylic acids is 1. The van der Waals surface area contributed by atoms with Crippen molar-refractivity contribution in [3.8, 4) is 0 Å². The van der Waals surface area contributed by atoms with Gasteiger partial charge in [0, 0.05) is 17.1 Å². The molecule has 2 aliphatic heterocycles. The molecule has 2 aliphatic rings. The summed E-state index contributed by atoms with van der Waals surface area (Å²) in [6, 6.07) is 13.3. The zero-order valence-electron chi connectivity index (χ0n) is 14.5. The van der Waals surface area contributed by atoms with Gasteiger partial charge in [-0.25, -0.2) is 8.42 Å². The molecule has 0 N–H and O–H groups in total. The zero-order valence-corrected chi connectivity index (χ0v) is 16.8. The van der Waals surface area contributed by atoms with E-state index in [1.165, 1.54) is 0 Å². The monoisotopic (exact) mass is 423 g/mol. The summed E-state index contributed by atoms with van der Waals surface area (Å²) < 4.78 is 26.0. The van der Waals surface area contributed by atoms with Gasteiger partial charge in [0.2, 0.25) is 0 Å². The zero-order chi connectivity index (χ0) is 19.2. The summed E-state index contributed by atoms with van der Waals surface area (Å²) in [6.07, 6.45) is 2.57. The van der Waals surface area contributed by atoms with Crippen LogP contribution in [-0.2, 0) is 9.84 Å². The average molecular weight is 424 g/mol. The van der Waals surface area contributed by atoms with Crippen LogP contribution in [0.3, 0.4) is 0 Å². The Morgan fingerprint density at radius 2 is 1.59 bits per heavy atom. The second-order valence-corrected chi connectivity index (χ2v) is 10.2. The van der Waals surface area contributed by atoms with Crippen LogP contribution >= 0.6 is 23.2 Å². The number of fused-ring (bicyclic) bond motifs is 2. The van der Waals surface area contributed by atoms with Crippen molar-refractivity contribution in [2.24, 2.45) is 0 Å². The van der Waals surface area contributed by atoms with E-state index in [9.17, 15) is 13.2 Å². The summed E-state index contributed by atoms with van der Waals surface area (Å²) in [5, 5.41) is 0.347. The Morgan fingerprint density at radius 3 is 2.19 bits per heavy atom. The fourth-order valence-corrected chi connectivity index (χ4v) is 6.68. The molecule has 142 valence electrons. The third kappa shape index (κ3) is 3.37. The van der Waals surface area contributed by atoms with Crippen molar-refractivity contribution in [3.05, 3.63) is 64.1 Å². The molecule has 2 saturated heterocycles. The van der Waals surface area contributed by atoms with E-state index in [-0.39, 0.29) is 18.0 Å². The minimum Gasteiger partial charge on any atom is -0.333 e. The number of piperidine rings is 1. The first-order valence-electron chi connectivity index (χ1n) is 8.94. The van der Waals surface area contributed by atoms with Crippen LogP contribution in [0.2, 0.25) is 10.0 Å². The van der Waals surface area contributed by atoms with Gasteiger partial charge in [-0.2, -0.15) is 0 Å². The topological polar surface area (TPSA) is 54.5 Å². The molecule has 2 aromatic carbocycles. The second-order valence-electron chi connectivity index (χ2n) is 7.17. The van der Waals surface area contributed by atoms with Crippen molar-refractivity contribution in [2.45, 2.75) is 47.9 Å². The predicted molar refractivity (Wildman–Crippen MR) is 106 cm³/mol. The summed E-state index contributed by atoms with van der Waals surface area (Å²) >= 11 is 12.1. The highest BCUT2D eigenvalue weighted by molar-refractivity contribution is 7.92. The molecular weight excluding hydrogens is 405 g/mol. The van der Waals surface area contributed by atoms with Crippen molar-refractivity contribution in [1.82, 2.24) is 4.90 Å². The summed E-state index contributed by atoms with van der Waals surface area (Å²) in [5.41, 5.74) is 0.419. The maximum absolute atomic E-state index is 13.1. The van der Waals surface area contributed by atoms with E-state index in [1.54, 1.807) is 48.5 Å². The first-order chi connectivity index (χ1) is 12.9. The van der Waals surface area contributed by atoms with Crippen LogP contribution in [0.5, 0.6) is 0 Å². The van der Waals surface area contributed by atoms with Gasteiger partial charge in [0.15, 0.2) is 9.84 Å². The van der Waals surface area contributed by atoms with E-state index >= 15 is 0 Å². The van der Waals surface area contributed by atoms with Crippen LogP contribution in [0, 0.1) is 0 Å². The maximum atomic E-state index is 13.1. The standard InChI is InChI=1S/C20H19Cl2NO3S/c21-13-6-9-18(19(22)10-13)20(24)23-14-7-8-15(23)12-17(11-14)27(25,26)16-4-2-1-3-5-16/h1-6,9-10,14-15,17H,7-8,11-12H2. The Morgan fingerprint density at radius 1 is 0.963 bits per heavy atom. The van der Waals surface area contributed by atoms with Crippen molar-refractivity contribution in [3.63, 3.8) is 0 Å². The van der Waals surface area contributed by atoms with Gasteiger partial charge in [0.25, 0.3) is 5.91 Å². The lowest BCUT2D eigenvalue weighted by molar-refractivity contribution is 0.0598. The van der Waals surface area contributed by atoms with Crippen molar-refractivity contribution in [2.75, 3.05) is 0 Å². The summed E-state index contributed by atoms with van der Waals surface area (Å²) in [4.78, 5) is 15.3. The molecule has 1 amide bonds. The third-order valence-electron chi connectivity index (χ3n) is 5.60. The fourth-order valence-electron chi connectivity index (χ4n) is 4.32. The molecule has 7 heteroatoms. The predicted octanol–water partition coefficient (Wildman–Crippen LogP) is 4.60. The maximum Gasteiger partial charge on any atom is 0.255 e. The minimum absolute atomic E-state index is 0.0773. The number of rotatable bonds is 3. The van der Waals surface area contributed by atoms with Crippen LogP contribution < -0.4 is 0 Å². The molecule has 0 radical (unpaired) electrons. The van der Waals surface area contributed by atoms with Gasteiger partial charge >= 0.3 is 0 Å². The van der Waals surface area contributed by atoms with E-state index in [0.717, 1.165) is 12.8 Å². The number of amides is 1. The second kappa shape index (κ2) is 7.12. The Labute approximate surface area is 169 Å². The highest BCUT2D eigenvalue weighted by atomic mass is 35.5. The van der Waals surface area contributed by atoms with Gasteiger partial charge in [-0.1, -0.05) is 41.4 Å². The van der Waals surface area contributed by atoms with Gasteiger partial charge in [-0.3, -0.25) is 4.79 Å². The van der Waals surface area contributed by atoms with Crippen molar-refractivity contribution < 1.29 is 13.2 Å². The molecule has 2 heterocycles. The molecule has 4 nitrogen and oxygen atoms in total. The van der Waals surface area contributed by atoms with Crippen molar-refractivity contribution >= 4 is 38.9 Å². The molecule has 4 rings (SSSR count). The van der Waals surface area contributed by atoms with E-state index in [0.29, 0.717) is 33.3 Å². The number of carbonyl (C=O) groups is 1. The first kappa shape index (κ1) is 18.8. The van der Waals surface area contributed by atoms with Crippen molar-refractivity contribution in [1.29, 1.82) is 0 Å². The SMILES string of the molecule is O=C(c1ccc(Cl)cc1Cl)N1C2CCC1CC(S(=O)(=O)c1ccccc1)C2. The van der Waals surface area contributed by atoms with E-state index in [4.69, 9.17) is 23.2 Å². The van der Waals surface area contributed by atoms with E-state index < -0.39 is 15.1 Å².